The molecule has 0 aromatic heterocycles. The maximum Gasteiger partial charge on any atom is 0.333 e. The SMILES string of the molecule is O=C(OCC1CO1)C1=CCCC(C(=O)OCC2CO2)C1. The molecule has 0 radical (unpaired) electrons. The molecular weight excluding hydrogens is 264 g/mol. The summed E-state index contributed by atoms with van der Waals surface area (Å²) in [7, 11) is 0. The van der Waals surface area contributed by atoms with E-state index in [1.54, 1.807) is 0 Å². The van der Waals surface area contributed by atoms with E-state index in [1.165, 1.54) is 0 Å². The fourth-order valence-corrected chi connectivity index (χ4v) is 2.16. The van der Waals surface area contributed by atoms with E-state index in [2.05, 4.69) is 0 Å². The standard InChI is InChI=1S/C14H18O6/c15-13(19-7-11-5-17-11)9-2-1-3-10(4-9)14(16)20-8-12-6-18-12/h2,10-12H,1,3-8H2. The summed E-state index contributed by atoms with van der Waals surface area (Å²) in [5.74, 6) is -0.841. The maximum atomic E-state index is 11.9. The Morgan fingerprint density at radius 1 is 1.15 bits per heavy atom. The average Bonchev–Trinajstić information content (AvgIpc) is 3.36. The van der Waals surface area contributed by atoms with Crippen molar-refractivity contribution in [3.63, 3.8) is 0 Å². The second kappa shape index (κ2) is 5.93. The Labute approximate surface area is 117 Å². The van der Waals surface area contributed by atoms with Gasteiger partial charge in [-0.25, -0.2) is 4.79 Å². The summed E-state index contributed by atoms with van der Waals surface area (Å²) in [5.41, 5.74) is 0.571. The minimum atomic E-state index is -0.344. The normalized spacial score (nSPS) is 31.2. The lowest BCUT2D eigenvalue weighted by Gasteiger charge is -2.20. The third-order valence-electron chi connectivity index (χ3n) is 3.58. The number of hydrogen-bond donors (Lipinski definition) is 0. The zero-order valence-electron chi connectivity index (χ0n) is 11.2. The number of rotatable bonds is 6. The van der Waals surface area contributed by atoms with Gasteiger partial charge in [-0.2, -0.15) is 0 Å². The Kier molecular flexibility index (Phi) is 4.03. The number of carbonyl (C=O) groups is 2. The van der Waals surface area contributed by atoms with Crippen LogP contribution in [0.1, 0.15) is 19.3 Å². The molecule has 2 aliphatic heterocycles. The van der Waals surface area contributed by atoms with Crippen molar-refractivity contribution in [1.29, 1.82) is 0 Å². The van der Waals surface area contributed by atoms with Crippen molar-refractivity contribution in [3.8, 4) is 0 Å². The van der Waals surface area contributed by atoms with E-state index in [4.69, 9.17) is 18.9 Å². The van der Waals surface area contributed by atoms with Crippen molar-refractivity contribution in [2.45, 2.75) is 31.5 Å². The zero-order chi connectivity index (χ0) is 13.9. The number of ether oxygens (including phenoxy) is 4. The van der Waals surface area contributed by atoms with Gasteiger partial charge in [0, 0.05) is 5.57 Å². The highest BCUT2D eigenvalue weighted by Crippen LogP contribution is 2.26. The topological polar surface area (TPSA) is 77.7 Å². The molecule has 3 aliphatic rings. The molecule has 6 heteroatoms. The first kappa shape index (κ1) is 13.6. The third kappa shape index (κ3) is 3.80. The Bertz CT molecular complexity index is 421. The van der Waals surface area contributed by atoms with Crippen molar-refractivity contribution < 1.29 is 28.5 Å². The van der Waals surface area contributed by atoms with Gasteiger partial charge in [-0.05, 0) is 19.3 Å². The third-order valence-corrected chi connectivity index (χ3v) is 3.58. The molecule has 110 valence electrons. The number of allylic oxidation sites excluding steroid dienone is 1. The second-order valence-electron chi connectivity index (χ2n) is 5.35. The second-order valence-corrected chi connectivity index (χ2v) is 5.35. The predicted octanol–water partition coefficient (Wildman–Crippen LogP) is 0.597. The summed E-state index contributed by atoms with van der Waals surface area (Å²) >= 11 is 0. The lowest BCUT2D eigenvalue weighted by Crippen LogP contribution is -2.25. The molecule has 0 saturated carbocycles. The van der Waals surface area contributed by atoms with Crippen LogP contribution in [0.4, 0.5) is 0 Å². The monoisotopic (exact) mass is 282 g/mol. The van der Waals surface area contributed by atoms with Gasteiger partial charge in [0.25, 0.3) is 0 Å². The fourth-order valence-electron chi connectivity index (χ4n) is 2.16. The van der Waals surface area contributed by atoms with Crippen LogP contribution in [0.5, 0.6) is 0 Å². The molecule has 3 rings (SSSR count). The van der Waals surface area contributed by atoms with Gasteiger partial charge < -0.3 is 18.9 Å². The van der Waals surface area contributed by atoms with E-state index >= 15 is 0 Å². The van der Waals surface area contributed by atoms with E-state index in [9.17, 15) is 9.59 Å². The van der Waals surface area contributed by atoms with E-state index < -0.39 is 0 Å². The van der Waals surface area contributed by atoms with Crippen LogP contribution >= 0.6 is 0 Å². The molecule has 0 aromatic carbocycles. The van der Waals surface area contributed by atoms with Gasteiger partial charge in [0.15, 0.2) is 0 Å². The molecule has 0 aromatic rings. The largest absolute Gasteiger partial charge is 0.463 e. The van der Waals surface area contributed by atoms with Crippen molar-refractivity contribution >= 4 is 11.9 Å². The van der Waals surface area contributed by atoms with Crippen LogP contribution in [0.15, 0.2) is 11.6 Å². The summed E-state index contributed by atoms with van der Waals surface area (Å²) in [6.07, 6.45) is 3.79. The van der Waals surface area contributed by atoms with Gasteiger partial charge in [-0.15, -0.1) is 0 Å². The average molecular weight is 282 g/mol. The molecule has 0 bridgehead atoms. The Balaban J connectivity index is 1.45. The quantitative estimate of drug-likeness (QED) is 0.524. The van der Waals surface area contributed by atoms with Gasteiger partial charge in [0.2, 0.25) is 0 Å². The van der Waals surface area contributed by atoms with Crippen molar-refractivity contribution in [1.82, 2.24) is 0 Å². The molecule has 2 fully saturated rings. The van der Waals surface area contributed by atoms with E-state index in [1.807, 2.05) is 6.08 Å². The van der Waals surface area contributed by atoms with Crippen LogP contribution in [0.25, 0.3) is 0 Å². The summed E-state index contributed by atoms with van der Waals surface area (Å²) in [5, 5.41) is 0. The molecule has 0 amide bonds. The lowest BCUT2D eigenvalue weighted by molar-refractivity contribution is -0.149. The molecule has 0 spiro atoms. The van der Waals surface area contributed by atoms with Crippen LogP contribution in [0.2, 0.25) is 0 Å². The van der Waals surface area contributed by atoms with Gasteiger partial charge >= 0.3 is 11.9 Å². The van der Waals surface area contributed by atoms with Gasteiger partial charge in [0.05, 0.1) is 19.1 Å². The number of carbonyl (C=O) groups excluding carboxylic acids is 2. The van der Waals surface area contributed by atoms with E-state index in [0.717, 1.165) is 0 Å². The first-order valence-electron chi connectivity index (χ1n) is 6.98. The first-order valence-corrected chi connectivity index (χ1v) is 6.98. The van der Waals surface area contributed by atoms with Gasteiger partial charge in [-0.1, -0.05) is 6.08 Å². The smallest absolute Gasteiger partial charge is 0.333 e. The number of epoxide rings is 2. The highest BCUT2D eigenvalue weighted by Gasteiger charge is 2.31. The van der Waals surface area contributed by atoms with Crippen molar-refractivity contribution in [2.75, 3.05) is 26.4 Å². The minimum Gasteiger partial charge on any atom is -0.463 e. The predicted molar refractivity (Wildman–Crippen MR) is 66.8 cm³/mol. The van der Waals surface area contributed by atoms with Crippen LogP contribution < -0.4 is 0 Å². The Morgan fingerprint density at radius 3 is 2.45 bits per heavy atom. The summed E-state index contributed by atoms with van der Waals surface area (Å²) < 4.78 is 20.3. The van der Waals surface area contributed by atoms with Crippen LogP contribution in [-0.4, -0.2) is 50.6 Å². The molecule has 0 N–H and O–H groups in total. The summed E-state index contributed by atoms with van der Waals surface area (Å²) in [6, 6.07) is 0. The summed E-state index contributed by atoms with van der Waals surface area (Å²) in [6.45, 7) is 1.94. The lowest BCUT2D eigenvalue weighted by atomic mass is 9.89. The highest BCUT2D eigenvalue weighted by molar-refractivity contribution is 5.90. The minimum absolute atomic E-state index is 0.0578. The molecule has 6 nitrogen and oxygen atoms in total. The maximum absolute atomic E-state index is 11.9. The van der Waals surface area contributed by atoms with E-state index in [0.29, 0.717) is 51.3 Å². The molecule has 3 atom stereocenters. The molecular formula is C14H18O6. The van der Waals surface area contributed by atoms with Gasteiger partial charge in [-0.3, -0.25) is 4.79 Å². The zero-order valence-corrected chi connectivity index (χ0v) is 11.2. The summed E-state index contributed by atoms with van der Waals surface area (Å²) in [4.78, 5) is 23.8. The molecule has 1 aliphatic carbocycles. The van der Waals surface area contributed by atoms with Crippen LogP contribution in [0.3, 0.4) is 0 Å². The Hall–Kier alpha value is -1.40. The van der Waals surface area contributed by atoms with Crippen molar-refractivity contribution in [2.24, 2.45) is 5.92 Å². The molecule has 2 heterocycles. The van der Waals surface area contributed by atoms with Crippen LogP contribution in [-0.2, 0) is 28.5 Å². The van der Waals surface area contributed by atoms with Crippen molar-refractivity contribution in [3.05, 3.63) is 11.6 Å². The van der Waals surface area contributed by atoms with Gasteiger partial charge in [0.1, 0.15) is 25.4 Å². The number of esters is 2. The molecule has 2 saturated heterocycles. The first-order chi connectivity index (χ1) is 9.72. The fraction of sp³-hybridized carbons (Fsp3) is 0.714. The van der Waals surface area contributed by atoms with Crippen LogP contribution in [0, 0.1) is 5.92 Å². The molecule has 3 unspecified atom stereocenters. The highest BCUT2D eigenvalue weighted by atomic mass is 16.6. The number of hydrogen-bond acceptors (Lipinski definition) is 6. The van der Waals surface area contributed by atoms with E-state index in [-0.39, 0.29) is 30.1 Å². The Morgan fingerprint density at radius 2 is 1.80 bits per heavy atom. The molecule has 20 heavy (non-hydrogen) atoms.